The number of fused-ring (bicyclic) bond motifs is 1. The average molecular weight is 579 g/mol. The van der Waals surface area contributed by atoms with Gasteiger partial charge < -0.3 is 24.2 Å². The highest BCUT2D eigenvalue weighted by molar-refractivity contribution is 7.89. The number of hydrogen-bond acceptors (Lipinski definition) is 7. The molecular formula is C32H38N2O6S. The molecule has 1 saturated heterocycles. The normalized spacial score (nSPS) is 17.8. The Balaban J connectivity index is 1.02. The molecule has 1 fully saturated rings. The molecule has 41 heavy (non-hydrogen) atoms. The smallest absolute Gasteiger partial charge is 0.240 e. The summed E-state index contributed by atoms with van der Waals surface area (Å²) in [5.41, 5.74) is 3.20. The van der Waals surface area contributed by atoms with Crippen molar-refractivity contribution in [2.24, 2.45) is 0 Å². The maximum atomic E-state index is 12.7. The summed E-state index contributed by atoms with van der Waals surface area (Å²) in [6.45, 7) is 5.18. The van der Waals surface area contributed by atoms with Gasteiger partial charge in [0.05, 0.1) is 24.9 Å². The van der Waals surface area contributed by atoms with Crippen LogP contribution in [0.3, 0.4) is 0 Å². The fourth-order valence-corrected chi connectivity index (χ4v) is 6.68. The summed E-state index contributed by atoms with van der Waals surface area (Å²) in [5.74, 6) is 2.05. The van der Waals surface area contributed by atoms with E-state index in [2.05, 4.69) is 9.62 Å². The van der Waals surface area contributed by atoms with Gasteiger partial charge in [-0.3, -0.25) is 0 Å². The lowest BCUT2D eigenvalue weighted by Crippen LogP contribution is -2.44. The zero-order chi connectivity index (χ0) is 28.8. The zero-order valence-corrected chi connectivity index (χ0v) is 24.4. The molecule has 2 heterocycles. The molecule has 0 aliphatic carbocycles. The second kappa shape index (κ2) is 13.1. The van der Waals surface area contributed by atoms with E-state index in [-0.39, 0.29) is 6.04 Å². The lowest BCUT2D eigenvalue weighted by Gasteiger charge is -2.32. The van der Waals surface area contributed by atoms with Gasteiger partial charge in [0.1, 0.15) is 23.4 Å². The van der Waals surface area contributed by atoms with Crippen LogP contribution in [0.5, 0.6) is 17.2 Å². The van der Waals surface area contributed by atoms with Crippen molar-refractivity contribution < 1.29 is 27.7 Å². The molecule has 5 rings (SSSR count). The molecular weight excluding hydrogens is 540 g/mol. The highest BCUT2D eigenvalue weighted by Gasteiger charge is 2.26. The van der Waals surface area contributed by atoms with Gasteiger partial charge in [0, 0.05) is 23.2 Å². The Morgan fingerprint density at radius 3 is 2.49 bits per heavy atom. The molecule has 9 heteroatoms. The van der Waals surface area contributed by atoms with Crippen molar-refractivity contribution in [1.29, 1.82) is 0 Å². The van der Waals surface area contributed by atoms with Gasteiger partial charge in [-0.1, -0.05) is 24.3 Å². The molecule has 1 atom stereocenters. The lowest BCUT2D eigenvalue weighted by molar-refractivity contribution is 0.198. The minimum atomic E-state index is -3.49. The first-order chi connectivity index (χ1) is 19.8. The topological polar surface area (TPSA) is 97.3 Å². The zero-order valence-electron chi connectivity index (χ0n) is 23.6. The number of aryl methyl sites for hydroxylation is 1. The predicted octanol–water partition coefficient (Wildman–Crippen LogP) is 5.07. The Bertz CT molecular complexity index is 1460. The summed E-state index contributed by atoms with van der Waals surface area (Å²) in [7, 11) is -1.87. The SMILES string of the molecule is COc1ccc(C2=COc3cc(OCCCCN4CCC(NS(=O)(=O)c5cccc(C)c5)CC4)ccc3C2O)cc1. The van der Waals surface area contributed by atoms with Crippen LogP contribution in [0.25, 0.3) is 5.57 Å². The number of nitrogens with one attached hydrogen (secondary N) is 1. The molecule has 2 aliphatic rings. The molecule has 0 radical (unpaired) electrons. The highest BCUT2D eigenvalue weighted by Crippen LogP contribution is 2.41. The van der Waals surface area contributed by atoms with Crippen molar-refractivity contribution in [3.63, 3.8) is 0 Å². The maximum Gasteiger partial charge on any atom is 0.240 e. The van der Waals surface area contributed by atoms with E-state index >= 15 is 0 Å². The number of piperidine rings is 1. The number of benzene rings is 3. The van der Waals surface area contributed by atoms with Crippen molar-refractivity contribution in [3.05, 3.63) is 89.7 Å². The molecule has 3 aromatic carbocycles. The Kier molecular flexibility index (Phi) is 9.29. The highest BCUT2D eigenvalue weighted by atomic mass is 32.2. The standard InChI is InChI=1S/C32H38N2O6S/c1-23-6-5-7-28(20-23)41(36,37)33-25-14-17-34(18-15-25)16-3-4-19-39-27-12-13-29-31(21-27)40-22-30(32(29)35)24-8-10-26(38-2)11-9-24/h5-13,20-22,25,32-33,35H,3-4,14-19H2,1-2H3. The minimum Gasteiger partial charge on any atom is -0.497 e. The summed E-state index contributed by atoms with van der Waals surface area (Å²) < 4.78 is 45.4. The first-order valence-corrected chi connectivity index (χ1v) is 15.6. The molecule has 1 unspecified atom stereocenters. The van der Waals surface area contributed by atoms with Crippen molar-refractivity contribution in [1.82, 2.24) is 9.62 Å². The van der Waals surface area contributed by atoms with Crippen LogP contribution in [0, 0.1) is 6.92 Å². The van der Waals surface area contributed by atoms with Crippen molar-refractivity contribution in [3.8, 4) is 17.2 Å². The van der Waals surface area contributed by atoms with E-state index in [9.17, 15) is 13.5 Å². The molecule has 0 bridgehead atoms. The fraction of sp³-hybridized carbons (Fsp3) is 0.375. The molecule has 8 nitrogen and oxygen atoms in total. The summed E-state index contributed by atoms with van der Waals surface area (Å²) in [6.07, 6.45) is 4.31. The number of aliphatic hydroxyl groups is 1. The van der Waals surface area contributed by atoms with E-state index in [1.54, 1.807) is 31.6 Å². The van der Waals surface area contributed by atoms with Crippen molar-refractivity contribution in [2.45, 2.75) is 49.6 Å². The predicted molar refractivity (Wildman–Crippen MR) is 159 cm³/mol. The third-order valence-electron chi connectivity index (χ3n) is 7.66. The Hall–Kier alpha value is -3.37. The molecule has 218 valence electrons. The maximum absolute atomic E-state index is 12.7. The molecule has 0 amide bonds. The summed E-state index contributed by atoms with van der Waals surface area (Å²) in [5, 5.41) is 10.9. The third-order valence-corrected chi connectivity index (χ3v) is 9.18. The fourth-order valence-electron chi connectivity index (χ4n) is 5.27. The number of methoxy groups -OCH3 is 1. The molecule has 0 spiro atoms. The van der Waals surface area contributed by atoms with Gasteiger partial charge in [0.2, 0.25) is 10.0 Å². The second-order valence-corrected chi connectivity index (χ2v) is 12.3. The van der Waals surface area contributed by atoms with E-state index in [4.69, 9.17) is 14.2 Å². The van der Waals surface area contributed by atoms with Crippen molar-refractivity contribution in [2.75, 3.05) is 33.4 Å². The van der Waals surface area contributed by atoms with Crippen LogP contribution in [0.2, 0.25) is 0 Å². The minimum absolute atomic E-state index is 0.0352. The number of likely N-dealkylation sites (tertiary alicyclic amines) is 1. The largest absolute Gasteiger partial charge is 0.497 e. The first kappa shape index (κ1) is 29.1. The Labute approximate surface area is 242 Å². The summed E-state index contributed by atoms with van der Waals surface area (Å²) >= 11 is 0. The molecule has 2 N–H and O–H groups in total. The molecule has 0 aromatic heterocycles. The van der Waals surface area contributed by atoms with Gasteiger partial charge in [-0.05, 0) is 99.8 Å². The second-order valence-electron chi connectivity index (χ2n) is 10.6. The van der Waals surface area contributed by atoms with Crippen LogP contribution in [0.4, 0.5) is 0 Å². The Morgan fingerprint density at radius 1 is 1.00 bits per heavy atom. The van der Waals surface area contributed by atoms with Gasteiger partial charge in [-0.2, -0.15) is 0 Å². The summed E-state index contributed by atoms with van der Waals surface area (Å²) in [6, 6.07) is 20.0. The number of nitrogens with zero attached hydrogens (tertiary/aromatic N) is 1. The van der Waals surface area contributed by atoms with Gasteiger partial charge in [0.25, 0.3) is 0 Å². The van der Waals surface area contributed by atoms with E-state index in [0.717, 1.165) is 62.2 Å². The van der Waals surface area contributed by atoms with Crippen LogP contribution in [-0.4, -0.2) is 57.8 Å². The number of rotatable bonds is 11. The van der Waals surface area contributed by atoms with Crippen LogP contribution in [0.1, 0.15) is 48.5 Å². The van der Waals surface area contributed by atoms with E-state index < -0.39 is 16.1 Å². The quantitative estimate of drug-likeness (QED) is 0.307. The summed E-state index contributed by atoms with van der Waals surface area (Å²) in [4.78, 5) is 2.72. The number of unbranched alkanes of at least 4 members (excludes halogenated alkanes) is 1. The van der Waals surface area contributed by atoms with Crippen LogP contribution >= 0.6 is 0 Å². The van der Waals surface area contributed by atoms with E-state index in [1.807, 2.05) is 55.5 Å². The van der Waals surface area contributed by atoms with Gasteiger partial charge in [-0.15, -0.1) is 0 Å². The molecule has 0 saturated carbocycles. The van der Waals surface area contributed by atoms with Crippen molar-refractivity contribution >= 4 is 15.6 Å². The number of ether oxygens (including phenoxy) is 3. The number of aliphatic hydroxyl groups excluding tert-OH is 1. The van der Waals surface area contributed by atoms with E-state index in [0.29, 0.717) is 34.1 Å². The van der Waals surface area contributed by atoms with E-state index in [1.165, 1.54) is 0 Å². The number of sulfonamides is 1. The monoisotopic (exact) mass is 578 g/mol. The molecule has 2 aliphatic heterocycles. The van der Waals surface area contributed by atoms with Crippen LogP contribution in [-0.2, 0) is 10.0 Å². The number of hydrogen-bond donors (Lipinski definition) is 2. The Morgan fingerprint density at radius 2 is 1.76 bits per heavy atom. The lowest BCUT2D eigenvalue weighted by atomic mass is 9.94. The van der Waals surface area contributed by atoms with Crippen LogP contribution < -0.4 is 18.9 Å². The third kappa shape index (κ3) is 7.29. The van der Waals surface area contributed by atoms with Crippen LogP contribution in [0.15, 0.2) is 77.9 Å². The first-order valence-electron chi connectivity index (χ1n) is 14.1. The van der Waals surface area contributed by atoms with Gasteiger partial charge in [-0.25, -0.2) is 13.1 Å². The molecule has 3 aromatic rings. The average Bonchev–Trinajstić information content (AvgIpc) is 2.98. The van der Waals surface area contributed by atoms with Gasteiger partial charge >= 0.3 is 0 Å². The van der Waals surface area contributed by atoms with Gasteiger partial charge in [0.15, 0.2) is 0 Å².